The van der Waals surface area contributed by atoms with Crippen LogP contribution in [-0.4, -0.2) is 49.5 Å². The number of rotatable bonds is 35. The lowest BCUT2D eigenvalue weighted by molar-refractivity contribution is -0.872. The normalized spacial score (nSPS) is 13.1. The second kappa shape index (κ2) is 32.7. The van der Waals surface area contributed by atoms with Crippen LogP contribution < -0.4 is 5.11 Å². The van der Waals surface area contributed by atoms with Crippen molar-refractivity contribution in [2.75, 3.05) is 27.7 Å². The highest BCUT2D eigenvalue weighted by Crippen LogP contribution is 2.18. The molecule has 4 nitrogen and oxygen atoms in total. The molecule has 0 aliphatic rings. The average molecular weight is 640 g/mol. The van der Waals surface area contributed by atoms with E-state index < -0.39 is 6.10 Å². The molecule has 0 N–H and O–H groups in total. The van der Waals surface area contributed by atoms with Crippen LogP contribution in [0.25, 0.3) is 0 Å². The Kier molecular flexibility index (Phi) is 32.4. The van der Waals surface area contributed by atoms with Crippen LogP contribution in [0.3, 0.4) is 0 Å². The van der Waals surface area contributed by atoms with Gasteiger partial charge in [0.05, 0.1) is 21.1 Å². The summed E-state index contributed by atoms with van der Waals surface area (Å²) < 4.78 is 6.60. The van der Waals surface area contributed by atoms with E-state index in [1.54, 1.807) is 0 Å². The number of Topliss-reactive ketones (excluding diaryl/α,β-unsaturated/α-hetero) is 1. The molecule has 0 radical (unpaired) electrons. The molecular formula is C39H78NO3P. The van der Waals surface area contributed by atoms with Gasteiger partial charge in [0.25, 0.3) is 0 Å². The van der Waals surface area contributed by atoms with Gasteiger partial charge in [0, 0.05) is 14.9 Å². The summed E-state index contributed by atoms with van der Waals surface area (Å²) in [6, 6.07) is 0. The molecule has 1 atom stereocenters. The minimum absolute atomic E-state index is 0.124. The van der Waals surface area contributed by atoms with Crippen LogP contribution in [0.15, 0.2) is 0 Å². The number of hydrogen-bond donors (Lipinski definition) is 0. The van der Waals surface area contributed by atoms with Crippen LogP contribution in [0.4, 0.5) is 0 Å². The molecule has 0 spiro atoms. The standard InChI is InChI=1S/C39H78NO3P/c1-6-8-10-12-14-16-18-20-21-23-24-26-28-30-32-34-37(41)38(36-40(3,4)5)43-44-39(42)35-33-31-29-27-25-22-19-17-15-13-11-9-7-2/h38H,6-36H2,1-5H3. The maximum atomic E-state index is 13.0. The quantitative estimate of drug-likeness (QED) is 0.0394. The van der Waals surface area contributed by atoms with Gasteiger partial charge < -0.3 is 14.1 Å². The third-order valence-electron chi connectivity index (χ3n) is 8.88. The smallest absolute Gasteiger partial charge is 0.175 e. The zero-order valence-corrected chi connectivity index (χ0v) is 31.5. The Labute approximate surface area is 278 Å². The molecule has 0 fully saturated rings. The molecule has 0 aromatic carbocycles. The fraction of sp³-hybridized carbons (Fsp3) is 0.949. The van der Waals surface area contributed by atoms with Crippen LogP contribution in [0.1, 0.15) is 206 Å². The maximum absolute atomic E-state index is 13.0. The predicted molar refractivity (Wildman–Crippen MR) is 195 cm³/mol. The summed E-state index contributed by atoms with van der Waals surface area (Å²) in [5.74, 6) is 0.175. The number of likely N-dealkylation sites (N-methyl/N-ethyl adjacent to an activating group) is 1. The van der Waals surface area contributed by atoms with Crippen molar-refractivity contribution in [2.24, 2.45) is 0 Å². The summed E-state index contributed by atoms with van der Waals surface area (Å²) in [4.78, 5) is 13.0. The van der Waals surface area contributed by atoms with Gasteiger partial charge >= 0.3 is 0 Å². The van der Waals surface area contributed by atoms with Crippen LogP contribution in [-0.2, 0) is 9.32 Å². The van der Waals surface area contributed by atoms with Crippen molar-refractivity contribution in [1.29, 1.82) is 0 Å². The lowest BCUT2D eigenvalue weighted by Gasteiger charge is -2.28. The molecule has 0 bridgehead atoms. The van der Waals surface area contributed by atoms with E-state index in [-0.39, 0.29) is 11.3 Å². The number of unbranched alkanes of at least 4 members (excludes halogenated alkanes) is 26. The van der Waals surface area contributed by atoms with Gasteiger partial charge in [-0.3, -0.25) is 4.79 Å². The molecule has 1 unspecified atom stereocenters. The van der Waals surface area contributed by atoms with E-state index in [9.17, 15) is 9.90 Å². The number of quaternary nitrogens is 1. The number of hydrogen-bond acceptors (Lipinski definition) is 3. The Balaban J connectivity index is 3.93. The van der Waals surface area contributed by atoms with Gasteiger partial charge in [-0.05, 0) is 12.8 Å². The number of ketones is 1. The van der Waals surface area contributed by atoms with E-state index in [0.29, 0.717) is 32.3 Å². The van der Waals surface area contributed by atoms with E-state index in [4.69, 9.17) is 4.52 Å². The van der Waals surface area contributed by atoms with Gasteiger partial charge in [0.2, 0.25) is 0 Å². The Morgan fingerprint density at radius 2 is 0.818 bits per heavy atom. The van der Waals surface area contributed by atoms with Crippen LogP contribution >= 0.6 is 8.43 Å². The Hall–Kier alpha value is -0.280. The molecule has 0 aliphatic heterocycles. The highest BCUT2D eigenvalue weighted by molar-refractivity contribution is 7.34. The first-order valence-electron chi connectivity index (χ1n) is 19.5. The Morgan fingerprint density at radius 3 is 1.14 bits per heavy atom. The van der Waals surface area contributed by atoms with Crippen LogP contribution in [0.5, 0.6) is 0 Å². The molecule has 5 heteroatoms. The molecule has 0 amide bonds. The molecule has 0 aliphatic carbocycles. The highest BCUT2D eigenvalue weighted by Gasteiger charge is 2.25. The first-order chi connectivity index (χ1) is 21.3. The van der Waals surface area contributed by atoms with Crippen molar-refractivity contribution in [3.63, 3.8) is 0 Å². The monoisotopic (exact) mass is 640 g/mol. The highest BCUT2D eigenvalue weighted by atomic mass is 31.1. The van der Waals surface area contributed by atoms with E-state index in [2.05, 4.69) is 35.0 Å². The van der Waals surface area contributed by atoms with Crippen LogP contribution in [0.2, 0.25) is 0 Å². The fourth-order valence-corrected chi connectivity index (χ4v) is 6.66. The molecule has 0 rings (SSSR count). The number of nitrogens with zero attached hydrogens (tertiary/aromatic N) is 1. The molecule has 0 aromatic rings. The van der Waals surface area contributed by atoms with Gasteiger partial charge in [0.15, 0.2) is 11.9 Å². The van der Waals surface area contributed by atoms with Gasteiger partial charge in [-0.1, -0.05) is 187 Å². The van der Waals surface area contributed by atoms with Crippen LogP contribution in [0, 0.1) is 0 Å². The Morgan fingerprint density at radius 1 is 0.523 bits per heavy atom. The summed E-state index contributed by atoms with van der Waals surface area (Å²) in [5.41, 5.74) is 0.124. The lowest BCUT2D eigenvalue weighted by Crippen LogP contribution is -2.44. The second-order valence-corrected chi connectivity index (χ2v) is 15.6. The first kappa shape index (κ1) is 43.7. The molecular weight excluding hydrogens is 561 g/mol. The second-order valence-electron chi connectivity index (χ2n) is 14.7. The van der Waals surface area contributed by atoms with Crippen molar-refractivity contribution in [1.82, 2.24) is 0 Å². The minimum atomic E-state index is -0.473. The fourth-order valence-electron chi connectivity index (χ4n) is 5.98. The van der Waals surface area contributed by atoms with E-state index in [0.717, 1.165) is 25.7 Å². The van der Waals surface area contributed by atoms with Crippen molar-refractivity contribution < 1.29 is 18.9 Å². The molecule has 262 valence electrons. The predicted octanol–water partition coefficient (Wildman–Crippen LogP) is 11.7. The van der Waals surface area contributed by atoms with Crippen molar-refractivity contribution in [3.8, 4) is 0 Å². The summed E-state index contributed by atoms with van der Waals surface area (Å²) >= 11 is 0. The molecule has 44 heavy (non-hydrogen) atoms. The minimum Gasteiger partial charge on any atom is -0.826 e. The van der Waals surface area contributed by atoms with Gasteiger partial charge in [0.1, 0.15) is 6.54 Å². The third-order valence-corrected chi connectivity index (χ3v) is 9.66. The summed E-state index contributed by atoms with van der Waals surface area (Å²) in [5, 5.41) is 12.5. The molecule has 0 heterocycles. The Bertz CT molecular complexity index is 646. The lowest BCUT2D eigenvalue weighted by atomic mass is 10.0. The largest absolute Gasteiger partial charge is 0.826 e. The molecule has 0 aromatic heterocycles. The van der Waals surface area contributed by atoms with Crippen molar-refractivity contribution in [2.45, 2.75) is 213 Å². The first-order valence-corrected chi connectivity index (χ1v) is 20.3. The van der Waals surface area contributed by atoms with E-state index in [1.165, 1.54) is 154 Å². The summed E-state index contributed by atoms with van der Waals surface area (Å²) in [6.45, 7) is 5.18. The summed E-state index contributed by atoms with van der Waals surface area (Å²) in [6.07, 6.45) is 37.6. The number of carbonyl (C=O) groups excluding carboxylic acids is 1. The summed E-state index contributed by atoms with van der Waals surface area (Å²) in [7, 11) is 6.63. The zero-order chi connectivity index (χ0) is 32.6. The third kappa shape index (κ3) is 33.1. The average Bonchev–Trinajstić information content (AvgIpc) is 2.98. The van der Waals surface area contributed by atoms with E-state index in [1.807, 2.05) is 0 Å². The molecule has 0 saturated heterocycles. The number of carbonyl (C=O) groups is 1. The topological polar surface area (TPSA) is 49.4 Å². The van der Waals surface area contributed by atoms with Crippen molar-refractivity contribution >= 4 is 19.7 Å². The SMILES string of the molecule is CCCCCCCCCCCCCCCCCC(=O)C(C[N+](C)(C)C)OP=C([O-])CCCCCCCCCCCCCCC. The zero-order valence-electron chi connectivity index (χ0n) is 30.6. The van der Waals surface area contributed by atoms with Gasteiger partial charge in [-0.15, -0.1) is 5.48 Å². The molecule has 0 saturated carbocycles. The maximum Gasteiger partial charge on any atom is 0.175 e. The van der Waals surface area contributed by atoms with Crippen molar-refractivity contribution in [3.05, 3.63) is 0 Å². The van der Waals surface area contributed by atoms with Gasteiger partial charge in [-0.25, -0.2) is 0 Å². The van der Waals surface area contributed by atoms with Gasteiger partial charge in [-0.2, -0.15) is 0 Å². The van der Waals surface area contributed by atoms with E-state index >= 15 is 0 Å².